The molecule has 0 saturated heterocycles. The van der Waals surface area contributed by atoms with Crippen LogP contribution in [0.2, 0.25) is 0 Å². The van der Waals surface area contributed by atoms with Crippen LogP contribution >= 0.6 is 15.9 Å². The molecule has 0 spiro atoms. The minimum absolute atomic E-state index is 0.470. The summed E-state index contributed by atoms with van der Waals surface area (Å²) in [6.45, 7) is 3.77. The summed E-state index contributed by atoms with van der Waals surface area (Å²) in [7, 11) is 1.73. The number of ether oxygens (including phenoxy) is 1. The van der Waals surface area contributed by atoms with Gasteiger partial charge in [-0.2, -0.15) is 0 Å². The largest absolute Gasteiger partial charge is 0.384 e. The van der Waals surface area contributed by atoms with Crippen molar-refractivity contribution in [1.82, 2.24) is 9.97 Å². The fraction of sp³-hybridized carbons (Fsp3) is 0.667. The highest BCUT2D eigenvalue weighted by Crippen LogP contribution is 2.38. The molecule has 1 unspecified atom stereocenters. The Bertz CT molecular complexity index is 382. The zero-order valence-electron chi connectivity index (χ0n) is 10.2. The summed E-state index contributed by atoms with van der Waals surface area (Å²) in [4.78, 5) is 8.93. The lowest BCUT2D eigenvalue weighted by Gasteiger charge is -2.12. The molecule has 1 atom stereocenters. The van der Waals surface area contributed by atoms with Gasteiger partial charge in [0.05, 0.1) is 6.61 Å². The molecular formula is C12H18BrN3O. The van der Waals surface area contributed by atoms with Crippen LogP contribution in [0.25, 0.3) is 0 Å². The lowest BCUT2D eigenvalue weighted by atomic mass is 10.2. The summed E-state index contributed by atoms with van der Waals surface area (Å²) in [5, 5.41) is 3.33. The molecule has 0 amide bonds. The lowest BCUT2D eigenvalue weighted by Crippen LogP contribution is -2.16. The number of nitrogens with zero attached hydrogens (tertiary/aromatic N) is 2. The van der Waals surface area contributed by atoms with Crippen LogP contribution in [0.5, 0.6) is 0 Å². The van der Waals surface area contributed by atoms with Crippen LogP contribution in [0, 0.1) is 5.92 Å². The van der Waals surface area contributed by atoms with E-state index in [0.717, 1.165) is 29.4 Å². The second-order valence-corrected chi connectivity index (χ2v) is 5.46. The van der Waals surface area contributed by atoms with Crippen LogP contribution < -0.4 is 5.32 Å². The third kappa shape index (κ3) is 3.92. The number of rotatable bonds is 6. The minimum Gasteiger partial charge on any atom is -0.384 e. The summed E-state index contributed by atoms with van der Waals surface area (Å²) >= 11 is 3.43. The Hall–Kier alpha value is -0.680. The minimum atomic E-state index is 0.470. The van der Waals surface area contributed by atoms with Gasteiger partial charge in [0.25, 0.3) is 0 Å². The molecule has 4 nitrogen and oxygen atoms in total. The van der Waals surface area contributed by atoms with Crippen molar-refractivity contribution in [3.63, 3.8) is 0 Å². The first-order valence-corrected chi connectivity index (χ1v) is 6.75. The van der Waals surface area contributed by atoms with E-state index in [1.807, 2.05) is 6.07 Å². The summed E-state index contributed by atoms with van der Waals surface area (Å²) in [5.74, 6) is 2.90. The van der Waals surface area contributed by atoms with E-state index in [-0.39, 0.29) is 0 Å². The molecule has 0 aliphatic heterocycles. The van der Waals surface area contributed by atoms with Crippen LogP contribution in [0.15, 0.2) is 10.7 Å². The molecule has 1 aliphatic rings. The van der Waals surface area contributed by atoms with E-state index in [0.29, 0.717) is 11.8 Å². The third-order valence-corrected chi connectivity index (χ3v) is 3.14. The maximum absolute atomic E-state index is 5.11. The Morgan fingerprint density at radius 1 is 1.53 bits per heavy atom. The van der Waals surface area contributed by atoms with Crippen molar-refractivity contribution in [2.45, 2.75) is 25.7 Å². The lowest BCUT2D eigenvalue weighted by molar-refractivity contribution is 0.164. The molecule has 0 bridgehead atoms. The predicted octanol–water partition coefficient (Wildman–Crippen LogP) is 2.81. The van der Waals surface area contributed by atoms with Crippen LogP contribution in [-0.4, -0.2) is 30.2 Å². The average Bonchev–Trinajstić information content (AvgIpc) is 3.10. The van der Waals surface area contributed by atoms with Crippen molar-refractivity contribution in [2.24, 2.45) is 5.92 Å². The molecule has 0 radical (unpaired) electrons. The van der Waals surface area contributed by atoms with Gasteiger partial charge in [-0.1, -0.05) is 6.92 Å². The summed E-state index contributed by atoms with van der Waals surface area (Å²) in [6, 6.07) is 1.92. The highest BCUT2D eigenvalue weighted by atomic mass is 79.9. The van der Waals surface area contributed by atoms with Gasteiger partial charge in [0.1, 0.15) is 16.2 Å². The number of halogens is 1. The van der Waals surface area contributed by atoms with Crippen molar-refractivity contribution < 1.29 is 4.74 Å². The van der Waals surface area contributed by atoms with Crippen molar-refractivity contribution in [3.8, 4) is 0 Å². The molecule has 1 aromatic rings. The fourth-order valence-corrected chi connectivity index (χ4v) is 2.07. The Balaban J connectivity index is 1.95. The van der Waals surface area contributed by atoms with E-state index >= 15 is 0 Å². The molecule has 17 heavy (non-hydrogen) atoms. The van der Waals surface area contributed by atoms with Gasteiger partial charge in [-0.25, -0.2) is 9.97 Å². The molecule has 1 saturated carbocycles. The maximum Gasteiger partial charge on any atom is 0.135 e. The van der Waals surface area contributed by atoms with Gasteiger partial charge in [0.2, 0.25) is 0 Å². The van der Waals surface area contributed by atoms with Gasteiger partial charge < -0.3 is 10.1 Å². The number of hydrogen-bond acceptors (Lipinski definition) is 4. The number of aromatic nitrogens is 2. The van der Waals surface area contributed by atoms with E-state index < -0.39 is 0 Å². The zero-order valence-corrected chi connectivity index (χ0v) is 11.8. The van der Waals surface area contributed by atoms with E-state index in [4.69, 9.17) is 4.74 Å². The average molecular weight is 300 g/mol. The molecular weight excluding hydrogens is 282 g/mol. The van der Waals surface area contributed by atoms with Gasteiger partial charge in [-0.3, -0.25) is 0 Å². The first kappa shape index (κ1) is 12.8. The Morgan fingerprint density at radius 2 is 2.29 bits per heavy atom. The van der Waals surface area contributed by atoms with Crippen molar-refractivity contribution in [2.75, 3.05) is 25.6 Å². The molecule has 1 heterocycles. The fourth-order valence-electron chi connectivity index (χ4n) is 1.67. The molecule has 1 aliphatic carbocycles. The van der Waals surface area contributed by atoms with Crippen LogP contribution in [-0.2, 0) is 4.74 Å². The molecule has 1 aromatic heterocycles. The highest BCUT2D eigenvalue weighted by Gasteiger charge is 2.27. The number of anilines is 1. The van der Waals surface area contributed by atoms with Crippen molar-refractivity contribution in [3.05, 3.63) is 16.5 Å². The van der Waals surface area contributed by atoms with Gasteiger partial charge in [0, 0.05) is 25.6 Å². The van der Waals surface area contributed by atoms with E-state index in [1.54, 1.807) is 7.11 Å². The zero-order chi connectivity index (χ0) is 12.3. The number of methoxy groups -OCH3 is 1. The van der Waals surface area contributed by atoms with Gasteiger partial charge in [0.15, 0.2) is 0 Å². The van der Waals surface area contributed by atoms with Gasteiger partial charge in [-0.15, -0.1) is 0 Å². The molecule has 1 fully saturated rings. The Kier molecular flexibility index (Phi) is 4.34. The molecule has 1 N–H and O–H groups in total. The Labute approximate surface area is 110 Å². The highest BCUT2D eigenvalue weighted by molar-refractivity contribution is 9.10. The standard InChI is InChI=1S/C12H18BrN3O/c1-8(7-17-2)6-14-11-5-10(13)15-12(16-11)9-3-4-9/h5,8-9H,3-4,6-7H2,1-2H3,(H,14,15,16). The smallest absolute Gasteiger partial charge is 0.135 e. The van der Waals surface area contributed by atoms with Crippen LogP contribution in [0.3, 0.4) is 0 Å². The first-order chi connectivity index (χ1) is 8.19. The molecule has 5 heteroatoms. The van der Waals surface area contributed by atoms with Crippen molar-refractivity contribution in [1.29, 1.82) is 0 Å². The number of nitrogens with one attached hydrogen (secondary N) is 1. The number of hydrogen-bond donors (Lipinski definition) is 1. The molecule has 94 valence electrons. The SMILES string of the molecule is COCC(C)CNc1cc(Br)nc(C2CC2)n1. The van der Waals surface area contributed by atoms with Gasteiger partial charge >= 0.3 is 0 Å². The van der Waals surface area contributed by atoms with Crippen LogP contribution in [0.1, 0.15) is 31.5 Å². The van der Waals surface area contributed by atoms with E-state index in [2.05, 4.69) is 38.1 Å². The van der Waals surface area contributed by atoms with E-state index in [9.17, 15) is 0 Å². The predicted molar refractivity (Wildman–Crippen MR) is 71.2 cm³/mol. The monoisotopic (exact) mass is 299 g/mol. The topological polar surface area (TPSA) is 47.0 Å². The normalized spacial score (nSPS) is 16.9. The maximum atomic E-state index is 5.11. The van der Waals surface area contributed by atoms with Gasteiger partial charge in [-0.05, 0) is 34.7 Å². The summed E-state index contributed by atoms with van der Waals surface area (Å²) in [5.41, 5.74) is 0. The molecule has 2 rings (SSSR count). The van der Waals surface area contributed by atoms with Crippen LogP contribution in [0.4, 0.5) is 5.82 Å². The second-order valence-electron chi connectivity index (χ2n) is 4.65. The summed E-state index contributed by atoms with van der Waals surface area (Å²) in [6.07, 6.45) is 2.44. The second kappa shape index (κ2) is 5.78. The third-order valence-electron chi connectivity index (χ3n) is 2.74. The molecule has 0 aromatic carbocycles. The van der Waals surface area contributed by atoms with E-state index in [1.165, 1.54) is 12.8 Å². The summed E-state index contributed by atoms with van der Waals surface area (Å²) < 4.78 is 5.96. The first-order valence-electron chi connectivity index (χ1n) is 5.96. The van der Waals surface area contributed by atoms with Crippen molar-refractivity contribution >= 4 is 21.7 Å². The Morgan fingerprint density at radius 3 is 2.94 bits per heavy atom. The quantitative estimate of drug-likeness (QED) is 0.821.